The van der Waals surface area contributed by atoms with E-state index in [1.807, 2.05) is 19.9 Å². The van der Waals surface area contributed by atoms with Crippen molar-refractivity contribution in [1.29, 1.82) is 0 Å². The lowest BCUT2D eigenvalue weighted by Crippen LogP contribution is -2.16. The Morgan fingerprint density at radius 1 is 1.33 bits per heavy atom. The molecule has 0 aliphatic rings. The molecule has 21 heavy (non-hydrogen) atoms. The van der Waals surface area contributed by atoms with Crippen LogP contribution >= 0.6 is 22.9 Å². The SMILES string of the molecule is Cc1nn2c(=O)cc(COc3ccc(Cl)cc3C)nc2s1. The van der Waals surface area contributed by atoms with Gasteiger partial charge in [-0.1, -0.05) is 22.9 Å². The van der Waals surface area contributed by atoms with E-state index in [-0.39, 0.29) is 12.2 Å². The number of hydrogen-bond donors (Lipinski definition) is 0. The number of hydrogen-bond acceptors (Lipinski definition) is 5. The van der Waals surface area contributed by atoms with Gasteiger partial charge in [-0.05, 0) is 37.6 Å². The van der Waals surface area contributed by atoms with Crippen molar-refractivity contribution in [2.45, 2.75) is 20.5 Å². The minimum Gasteiger partial charge on any atom is -0.487 e. The summed E-state index contributed by atoms with van der Waals surface area (Å²) in [6, 6.07) is 6.84. The molecular formula is C14H12ClN3O2S. The molecule has 0 aliphatic heterocycles. The van der Waals surface area contributed by atoms with Gasteiger partial charge in [0.15, 0.2) is 0 Å². The number of aromatic nitrogens is 3. The molecule has 0 saturated heterocycles. The summed E-state index contributed by atoms with van der Waals surface area (Å²) in [6.07, 6.45) is 0. The van der Waals surface area contributed by atoms with Gasteiger partial charge in [-0.25, -0.2) is 4.98 Å². The number of rotatable bonds is 3. The van der Waals surface area contributed by atoms with E-state index in [9.17, 15) is 4.79 Å². The third kappa shape index (κ3) is 2.91. The average Bonchev–Trinajstić information content (AvgIpc) is 2.79. The van der Waals surface area contributed by atoms with Gasteiger partial charge in [-0.2, -0.15) is 9.61 Å². The van der Waals surface area contributed by atoms with Crippen LogP contribution in [0.25, 0.3) is 4.96 Å². The monoisotopic (exact) mass is 321 g/mol. The molecule has 2 aromatic heterocycles. The highest BCUT2D eigenvalue weighted by Gasteiger charge is 2.08. The van der Waals surface area contributed by atoms with Gasteiger partial charge in [-0.15, -0.1) is 0 Å². The molecule has 0 spiro atoms. The van der Waals surface area contributed by atoms with Crippen molar-refractivity contribution in [1.82, 2.24) is 14.6 Å². The normalized spacial score (nSPS) is 11.0. The molecule has 0 saturated carbocycles. The van der Waals surface area contributed by atoms with Crippen molar-refractivity contribution in [3.63, 3.8) is 0 Å². The van der Waals surface area contributed by atoms with E-state index in [0.717, 1.165) is 16.3 Å². The summed E-state index contributed by atoms with van der Waals surface area (Å²) in [5.41, 5.74) is 1.32. The second kappa shape index (κ2) is 5.46. The van der Waals surface area contributed by atoms with Crippen LogP contribution in [-0.4, -0.2) is 14.6 Å². The quantitative estimate of drug-likeness (QED) is 0.744. The second-order valence-electron chi connectivity index (χ2n) is 4.60. The van der Waals surface area contributed by atoms with Crippen molar-refractivity contribution in [3.8, 4) is 5.75 Å². The Hall–Kier alpha value is -1.92. The van der Waals surface area contributed by atoms with Crippen molar-refractivity contribution in [3.05, 3.63) is 55.9 Å². The number of aryl methyl sites for hydroxylation is 2. The molecule has 2 heterocycles. The first-order valence-electron chi connectivity index (χ1n) is 6.28. The molecule has 0 amide bonds. The highest BCUT2D eigenvalue weighted by atomic mass is 35.5. The molecule has 1 aromatic carbocycles. The summed E-state index contributed by atoms with van der Waals surface area (Å²) in [5.74, 6) is 0.724. The fourth-order valence-corrected chi connectivity index (χ4v) is 2.95. The predicted octanol–water partition coefficient (Wildman–Crippen LogP) is 3.00. The van der Waals surface area contributed by atoms with Gasteiger partial charge in [0.2, 0.25) is 4.96 Å². The summed E-state index contributed by atoms with van der Waals surface area (Å²) < 4.78 is 7.01. The molecule has 0 radical (unpaired) electrons. The number of nitrogens with zero attached hydrogens (tertiary/aromatic N) is 3. The maximum absolute atomic E-state index is 11.9. The van der Waals surface area contributed by atoms with E-state index >= 15 is 0 Å². The Morgan fingerprint density at radius 3 is 2.90 bits per heavy atom. The number of ether oxygens (including phenoxy) is 1. The number of benzene rings is 1. The van der Waals surface area contributed by atoms with Gasteiger partial charge in [0.05, 0.1) is 5.69 Å². The van der Waals surface area contributed by atoms with Crippen LogP contribution in [0.2, 0.25) is 5.02 Å². The van der Waals surface area contributed by atoms with Gasteiger partial charge in [-0.3, -0.25) is 4.79 Å². The van der Waals surface area contributed by atoms with Crippen molar-refractivity contribution in [2.75, 3.05) is 0 Å². The third-order valence-electron chi connectivity index (χ3n) is 2.91. The number of fused-ring (bicyclic) bond motifs is 1. The maximum Gasteiger partial charge on any atom is 0.275 e. The molecule has 108 valence electrons. The van der Waals surface area contributed by atoms with Crippen molar-refractivity contribution >= 4 is 27.9 Å². The molecule has 0 atom stereocenters. The molecule has 7 heteroatoms. The second-order valence-corrected chi connectivity index (χ2v) is 6.20. The Morgan fingerprint density at radius 2 is 2.14 bits per heavy atom. The van der Waals surface area contributed by atoms with Crippen LogP contribution in [0, 0.1) is 13.8 Å². The molecule has 0 bridgehead atoms. The lowest BCUT2D eigenvalue weighted by atomic mass is 10.2. The van der Waals surface area contributed by atoms with Gasteiger partial charge in [0.1, 0.15) is 17.4 Å². The zero-order chi connectivity index (χ0) is 15.0. The summed E-state index contributed by atoms with van der Waals surface area (Å²) in [7, 11) is 0. The zero-order valence-electron chi connectivity index (χ0n) is 11.5. The summed E-state index contributed by atoms with van der Waals surface area (Å²) in [4.78, 5) is 16.9. The standard InChI is InChI=1S/C14H12ClN3O2S/c1-8-5-10(15)3-4-12(8)20-7-11-6-13(19)18-14(16-11)21-9(2)17-18/h3-6H,7H2,1-2H3. The fraction of sp³-hybridized carbons (Fsp3) is 0.214. The van der Waals surface area contributed by atoms with Gasteiger partial charge < -0.3 is 4.74 Å². The van der Waals surface area contributed by atoms with Gasteiger partial charge >= 0.3 is 0 Å². The van der Waals surface area contributed by atoms with Crippen LogP contribution in [-0.2, 0) is 6.61 Å². The Labute approximate surface area is 129 Å². The van der Waals surface area contributed by atoms with E-state index in [1.54, 1.807) is 12.1 Å². The summed E-state index contributed by atoms with van der Waals surface area (Å²) in [6.45, 7) is 3.98. The van der Waals surface area contributed by atoms with Crippen LogP contribution in [0.1, 0.15) is 16.3 Å². The molecule has 0 unspecified atom stereocenters. The molecule has 5 nitrogen and oxygen atoms in total. The minimum atomic E-state index is -0.198. The average molecular weight is 322 g/mol. The highest BCUT2D eigenvalue weighted by Crippen LogP contribution is 2.22. The highest BCUT2D eigenvalue weighted by molar-refractivity contribution is 7.16. The summed E-state index contributed by atoms with van der Waals surface area (Å²) in [5, 5.41) is 5.56. The molecule has 3 rings (SSSR count). The smallest absolute Gasteiger partial charge is 0.275 e. The largest absolute Gasteiger partial charge is 0.487 e. The zero-order valence-corrected chi connectivity index (χ0v) is 13.0. The van der Waals surface area contributed by atoms with E-state index in [2.05, 4.69) is 10.1 Å². The van der Waals surface area contributed by atoms with E-state index in [1.165, 1.54) is 21.9 Å². The predicted molar refractivity (Wildman–Crippen MR) is 82.4 cm³/mol. The van der Waals surface area contributed by atoms with E-state index in [4.69, 9.17) is 16.3 Å². The van der Waals surface area contributed by atoms with Crippen LogP contribution in [0.5, 0.6) is 5.75 Å². The Balaban J connectivity index is 1.86. The van der Waals surface area contributed by atoms with Crippen molar-refractivity contribution in [2.24, 2.45) is 0 Å². The molecule has 0 fully saturated rings. The first-order chi connectivity index (χ1) is 10.0. The molecule has 0 N–H and O–H groups in total. The molecular weight excluding hydrogens is 310 g/mol. The Bertz CT molecular complexity index is 872. The first-order valence-corrected chi connectivity index (χ1v) is 7.48. The van der Waals surface area contributed by atoms with Gasteiger partial charge in [0.25, 0.3) is 5.56 Å². The third-order valence-corrected chi connectivity index (χ3v) is 3.97. The topological polar surface area (TPSA) is 56.5 Å². The van der Waals surface area contributed by atoms with Crippen molar-refractivity contribution < 1.29 is 4.74 Å². The van der Waals surface area contributed by atoms with E-state index < -0.39 is 0 Å². The van der Waals surface area contributed by atoms with Crippen LogP contribution in [0.4, 0.5) is 0 Å². The number of halogens is 1. The first kappa shape index (κ1) is 14.0. The summed E-state index contributed by atoms with van der Waals surface area (Å²) >= 11 is 7.28. The van der Waals surface area contributed by atoms with E-state index in [0.29, 0.717) is 15.7 Å². The van der Waals surface area contributed by atoms with Crippen LogP contribution in [0.3, 0.4) is 0 Å². The van der Waals surface area contributed by atoms with Crippen LogP contribution < -0.4 is 10.3 Å². The maximum atomic E-state index is 11.9. The fourth-order valence-electron chi connectivity index (χ4n) is 1.95. The van der Waals surface area contributed by atoms with Crippen LogP contribution in [0.15, 0.2) is 29.1 Å². The molecule has 0 aliphatic carbocycles. The lowest BCUT2D eigenvalue weighted by Gasteiger charge is -2.08. The molecule has 3 aromatic rings. The Kier molecular flexibility index (Phi) is 3.65. The lowest BCUT2D eigenvalue weighted by molar-refractivity contribution is 0.299. The minimum absolute atomic E-state index is 0.198. The van der Waals surface area contributed by atoms with Gasteiger partial charge in [0, 0.05) is 11.1 Å².